The average molecular weight is 288 g/mol. The Hall–Kier alpha value is -1.15. The van der Waals surface area contributed by atoms with E-state index in [1.807, 2.05) is 0 Å². The Morgan fingerprint density at radius 2 is 2.05 bits per heavy atom. The topological polar surface area (TPSA) is 90.7 Å². The van der Waals surface area contributed by atoms with Crippen LogP contribution < -0.4 is 10.5 Å². The van der Waals surface area contributed by atoms with Gasteiger partial charge in [0.15, 0.2) is 0 Å². The summed E-state index contributed by atoms with van der Waals surface area (Å²) in [7, 11) is -0.568. The largest absolute Gasteiger partial charge is 0.398 e. The predicted octanol–water partition coefficient (Wildman–Crippen LogP) is 0.517. The van der Waals surface area contributed by atoms with Gasteiger partial charge in [-0.25, -0.2) is 13.1 Å². The molecule has 0 amide bonds. The second-order valence-electron chi connectivity index (χ2n) is 4.14. The lowest BCUT2D eigenvalue weighted by Crippen LogP contribution is -2.35. The van der Waals surface area contributed by atoms with Crippen LogP contribution in [0.3, 0.4) is 0 Å². The first-order valence-corrected chi connectivity index (χ1v) is 7.27. The van der Waals surface area contributed by atoms with Gasteiger partial charge in [-0.3, -0.25) is 0 Å². The van der Waals surface area contributed by atoms with Crippen molar-refractivity contribution in [2.45, 2.75) is 17.9 Å². The fraction of sp³-hybridized carbons (Fsp3) is 0.500. The van der Waals surface area contributed by atoms with Gasteiger partial charge < -0.3 is 15.2 Å². The van der Waals surface area contributed by atoms with Crippen LogP contribution in [-0.2, 0) is 19.5 Å². The summed E-state index contributed by atoms with van der Waals surface area (Å²) < 4.78 is 36.9. The maximum atomic E-state index is 12.2. The third kappa shape index (κ3) is 4.17. The molecule has 0 saturated carbocycles. The fourth-order valence-corrected chi connectivity index (χ4v) is 2.94. The zero-order chi connectivity index (χ0) is 14.5. The summed E-state index contributed by atoms with van der Waals surface area (Å²) in [5.74, 6) is 0. The smallest absolute Gasteiger partial charge is 0.240 e. The first-order chi connectivity index (χ1) is 8.92. The minimum Gasteiger partial charge on any atom is -0.398 e. The zero-order valence-electron chi connectivity index (χ0n) is 11.3. The zero-order valence-corrected chi connectivity index (χ0v) is 12.2. The van der Waals surface area contributed by atoms with Crippen molar-refractivity contribution in [3.63, 3.8) is 0 Å². The molecular weight excluding hydrogens is 268 g/mol. The quantitative estimate of drug-likeness (QED) is 0.714. The van der Waals surface area contributed by atoms with E-state index in [4.69, 9.17) is 15.2 Å². The molecule has 0 heterocycles. The van der Waals surface area contributed by atoms with Gasteiger partial charge in [-0.1, -0.05) is 6.07 Å². The molecule has 1 rings (SSSR count). The van der Waals surface area contributed by atoms with Crippen molar-refractivity contribution in [1.82, 2.24) is 4.72 Å². The second kappa shape index (κ2) is 6.85. The predicted molar refractivity (Wildman–Crippen MR) is 73.5 cm³/mol. The molecule has 0 spiro atoms. The normalized spacial score (nSPS) is 13.4. The molecule has 108 valence electrons. The summed E-state index contributed by atoms with van der Waals surface area (Å²) >= 11 is 0. The first kappa shape index (κ1) is 15.9. The number of benzene rings is 1. The molecule has 1 unspecified atom stereocenters. The molecule has 1 atom stereocenters. The molecule has 0 aliphatic heterocycles. The molecule has 19 heavy (non-hydrogen) atoms. The number of hydrogen-bond acceptors (Lipinski definition) is 5. The highest BCUT2D eigenvalue weighted by molar-refractivity contribution is 7.89. The molecule has 0 aliphatic carbocycles. The van der Waals surface area contributed by atoms with Gasteiger partial charge >= 0.3 is 0 Å². The van der Waals surface area contributed by atoms with Crippen LogP contribution in [0.4, 0.5) is 5.69 Å². The van der Waals surface area contributed by atoms with Crippen molar-refractivity contribution in [3.8, 4) is 0 Å². The summed E-state index contributed by atoms with van der Waals surface area (Å²) in [5.41, 5.74) is 6.70. The Bertz CT molecular complexity index is 516. The van der Waals surface area contributed by atoms with Crippen LogP contribution in [0.2, 0.25) is 0 Å². The van der Waals surface area contributed by atoms with Gasteiger partial charge in [-0.15, -0.1) is 0 Å². The Morgan fingerprint density at radius 1 is 1.37 bits per heavy atom. The van der Waals surface area contributed by atoms with Crippen molar-refractivity contribution in [2.75, 3.05) is 33.1 Å². The molecule has 0 radical (unpaired) electrons. The van der Waals surface area contributed by atoms with Crippen LogP contribution in [0, 0.1) is 6.92 Å². The van der Waals surface area contributed by atoms with E-state index in [0.29, 0.717) is 17.9 Å². The van der Waals surface area contributed by atoms with Crippen molar-refractivity contribution in [2.24, 2.45) is 0 Å². The summed E-state index contributed by atoms with van der Waals surface area (Å²) in [4.78, 5) is 0.180. The highest BCUT2D eigenvalue weighted by Gasteiger charge is 2.19. The minimum atomic E-state index is -3.60. The van der Waals surface area contributed by atoms with Gasteiger partial charge in [-0.05, 0) is 24.6 Å². The van der Waals surface area contributed by atoms with Gasteiger partial charge in [0.25, 0.3) is 0 Å². The molecule has 6 nitrogen and oxygen atoms in total. The van der Waals surface area contributed by atoms with E-state index < -0.39 is 10.0 Å². The molecule has 1 aromatic carbocycles. The molecule has 3 N–H and O–H groups in total. The number of rotatable bonds is 7. The average Bonchev–Trinajstić information content (AvgIpc) is 2.37. The number of methoxy groups -OCH3 is 2. The summed E-state index contributed by atoms with van der Waals surface area (Å²) in [6, 6.07) is 4.79. The Kier molecular flexibility index (Phi) is 5.74. The fourth-order valence-electron chi connectivity index (χ4n) is 1.60. The third-order valence-corrected chi connectivity index (χ3v) is 4.37. The van der Waals surface area contributed by atoms with Crippen LogP contribution >= 0.6 is 0 Å². The summed E-state index contributed by atoms with van der Waals surface area (Å²) in [6.45, 7) is 2.13. The molecular formula is C12H20N2O4S. The van der Waals surface area contributed by atoms with Gasteiger partial charge in [0.1, 0.15) is 0 Å². The maximum absolute atomic E-state index is 12.2. The van der Waals surface area contributed by atoms with E-state index >= 15 is 0 Å². The molecule has 0 aromatic heterocycles. The van der Waals surface area contributed by atoms with Gasteiger partial charge in [0.05, 0.1) is 17.6 Å². The number of nitrogens with two attached hydrogens (primary N) is 1. The number of ether oxygens (including phenoxy) is 2. The van der Waals surface area contributed by atoms with Crippen molar-refractivity contribution in [3.05, 3.63) is 23.8 Å². The second-order valence-corrected chi connectivity index (χ2v) is 5.87. The number of nitrogens with one attached hydrogen (secondary N) is 1. The van der Waals surface area contributed by atoms with E-state index in [0.717, 1.165) is 0 Å². The van der Waals surface area contributed by atoms with Crippen LogP contribution in [0.15, 0.2) is 23.1 Å². The lowest BCUT2D eigenvalue weighted by atomic mass is 10.2. The Morgan fingerprint density at radius 3 is 2.63 bits per heavy atom. The third-order valence-electron chi connectivity index (χ3n) is 2.80. The molecule has 0 saturated heterocycles. The Labute approximate surface area is 113 Å². The van der Waals surface area contributed by atoms with Crippen LogP contribution in [0.5, 0.6) is 0 Å². The lowest BCUT2D eigenvalue weighted by Gasteiger charge is -2.16. The van der Waals surface area contributed by atoms with Crippen molar-refractivity contribution in [1.29, 1.82) is 0 Å². The summed E-state index contributed by atoms with van der Waals surface area (Å²) in [6.07, 6.45) is -0.332. The molecule has 7 heteroatoms. The standard InChI is InChI=1S/C12H20N2O4S/c1-9-11(13)5-4-6-12(9)19(15,16)14-7-10(18-3)8-17-2/h4-6,10,14H,7-8,13H2,1-3H3. The van der Waals surface area contributed by atoms with Crippen molar-refractivity contribution >= 4 is 15.7 Å². The van der Waals surface area contributed by atoms with E-state index in [1.165, 1.54) is 20.3 Å². The van der Waals surface area contributed by atoms with Crippen LogP contribution in [0.1, 0.15) is 5.56 Å². The maximum Gasteiger partial charge on any atom is 0.240 e. The van der Waals surface area contributed by atoms with Crippen LogP contribution in [-0.4, -0.2) is 41.9 Å². The number of sulfonamides is 1. The van der Waals surface area contributed by atoms with E-state index in [-0.39, 0.29) is 17.5 Å². The van der Waals surface area contributed by atoms with Crippen molar-refractivity contribution < 1.29 is 17.9 Å². The van der Waals surface area contributed by atoms with Gasteiger partial charge in [0, 0.05) is 26.5 Å². The number of anilines is 1. The van der Waals surface area contributed by atoms with Crippen LogP contribution in [0.25, 0.3) is 0 Å². The minimum absolute atomic E-state index is 0.140. The molecule has 0 aliphatic rings. The lowest BCUT2D eigenvalue weighted by molar-refractivity contribution is 0.0320. The number of hydrogen-bond donors (Lipinski definition) is 2. The number of nitrogen functional groups attached to an aromatic ring is 1. The molecule has 0 bridgehead atoms. The van der Waals surface area contributed by atoms with E-state index in [1.54, 1.807) is 19.1 Å². The van der Waals surface area contributed by atoms with E-state index in [2.05, 4.69) is 4.72 Å². The summed E-state index contributed by atoms with van der Waals surface area (Å²) in [5, 5.41) is 0. The van der Waals surface area contributed by atoms with E-state index in [9.17, 15) is 8.42 Å². The monoisotopic (exact) mass is 288 g/mol. The molecule has 0 fully saturated rings. The SMILES string of the molecule is COCC(CNS(=O)(=O)c1cccc(N)c1C)OC. The highest BCUT2D eigenvalue weighted by atomic mass is 32.2. The first-order valence-electron chi connectivity index (χ1n) is 5.79. The van der Waals surface area contributed by atoms with Gasteiger partial charge in [-0.2, -0.15) is 0 Å². The highest BCUT2D eigenvalue weighted by Crippen LogP contribution is 2.20. The molecule has 1 aromatic rings. The van der Waals surface area contributed by atoms with Gasteiger partial charge in [0.2, 0.25) is 10.0 Å². The Balaban J connectivity index is 2.84.